The number of nitrogens with one attached hydrogen (secondary N) is 1. The average Bonchev–Trinajstić information content (AvgIpc) is 2.45. The van der Waals surface area contributed by atoms with E-state index in [9.17, 15) is 10.1 Å². The highest BCUT2D eigenvalue weighted by molar-refractivity contribution is 5.75. The second-order valence-electron chi connectivity index (χ2n) is 5.75. The van der Waals surface area contributed by atoms with E-state index in [4.69, 9.17) is 4.74 Å². The average molecular weight is 296 g/mol. The van der Waals surface area contributed by atoms with Gasteiger partial charge in [0.25, 0.3) is 5.56 Å². The second-order valence-corrected chi connectivity index (χ2v) is 5.75. The van der Waals surface area contributed by atoms with Crippen LogP contribution >= 0.6 is 0 Å². The van der Waals surface area contributed by atoms with E-state index in [0.717, 1.165) is 28.1 Å². The molecule has 1 aromatic carbocycles. The van der Waals surface area contributed by atoms with Crippen LogP contribution < -0.4 is 10.3 Å². The number of benzene rings is 1. The Morgan fingerprint density at radius 2 is 1.86 bits per heavy atom. The van der Waals surface area contributed by atoms with Gasteiger partial charge in [-0.2, -0.15) is 5.26 Å². The molecule has 0 aliphatic heterocycles. The molecule has 1 N–H and O–H groups in total. The third-order valence-electron chi connectivity index (χ3n) is 3.77. The summed E-state index contributed by atoms with van der Waals surface area (Å²) in [6.07, 6.45) is 0. The number of H-pyrrole nitrogens is 1. The Balaban J connectivity index is 2.82. The Hall–Kier alpha value is -2.54. The summed E-state index contributed by atoms with van der Waals surface area (Å²) in [6, 6.07) is 7.85. The number of hydrogen-bond donors (Lipinski definition) is 1. The van der Waals surface area contributed by atoms with Crippen LogP contribution in [0, 0.1) is 25.2 Å². The number of aryl methyl sites for hydroxylation is 2. The fourth-order valence-electron chi connectivity index (χ4n) is 2.63. The molecule has 0 unspecified atom stereocenters. The molecule has 0 bridgehead atoms. The molecule has 4 heteroatoms. The van der Waals surface area contributed by atoms with Crippen LogP contribution in [0.2, 0.25) is 0 Å². The van der Waals surface area contributed by atoms with Gasteiger partial charge in [0.15, 0.2) is 0 Å². The van der Waals surface area contributed by atoms with E-state index in [2.05, 4.69) is 18.8 Å². The van der Waals surface area contributed by atoms with Crippen LogP contribution in [0.25, 0.3) is 11.1 Å². The van der Waals surface area contributed by atoms with Gasteiger partial charge in [0.2, 0.25) is 0 Å². The van der Waals surface area contributed by atoms with Crippen molar-refractivity contribution in [2.24, 2.45) is 0 Å². The van der Waals surface area contributed by atoms with Crippen LogP contribution in [-0.4, -0.2) is 12.1 Å². The summed E-state index contributed by atoms with van der Waals surface area (Å²) in [6.45, 7) is 7.95. The van der Waals surface area contributed by atoms with Crippen molar-refractivity contribution in [2.75, 3.05) is 7.11 Å². The zero-order valence-corrected chi connectivity index (χ0v) is 13.6. The fraction of sp³-hybridized carbons (Fsp3) is 0.333. The first-order valence-electron chi connectivity index (χ1n) is 7.22. The molecule has 1 aromatic heterocycles. The van der Waals surface area contributed by atoms with Gasteiger partial charge in [-0.1, -0.05) is 13.8 Å². The van der Waals surface area contributed by atoms with Gasteiger partial charge >= 0.3 is 0 Å². The Bertz CT molecular complexity index is 811. The summed E-state index contributed by atoms with van der Waals surface area (Å²) in [5.74, 6) is 1.11. The van der Waals surface area contributed by atoms with Gasteiger partial charge in [-0.3, -0.25) is 4.79 Å². The van der Waals surface area contributed by atoms with Crippen molar-refractivity contribution in [3.63, 3.8) is 0 Å². The molecular weight excluding hydrogens is 276 g/mol. The summed E-state index contributed by atoms with van der Waals surface area (Å²) in [7, 11) is 1.65. The molecule has 4 nitrogen and oxygen atoms in total. The lowest BCUT2D eigenvalue weighted by Gasteiger charge is -2.17. The zero-order valence-electron chi connectivity index (χ0n) is 13.6. The molecule has 1 heterocycles. The van der Waals surface area contributed by atoms with Crippen LogP contribution in [-0.2, 0) is 0 Å². The molecule has 0 aliphatic carbocycles. The van der Waals surface area contributed by atoms with Crippen molar-refractivity contribution >= 4 is 0 Å². The van der Waals surface area contributed by atoms with E-state index in [0.29, 0.717) is 5.56 Å². The van der Waals surface area contributed by atoms with Gasteiger partial charge in [0.05, 0.1) is 7.11 Å². The van der Waals surface area contributed by atoms with E-state index < -0.39 is 0 Å². The minimum absolute atomic E-state index is 0.147. The number of nitriles is 1. The molecule has 2 aromatic rings. The molecule has 114 valence electrons. The molecule has 0 saturated heterocycles. The monoisotopic (exact) mass is 296 g/mol. The number of methoxy groups -OCH3 is 1. The van der Waals surface area contributed by atoms with Gasteiger partial charge in [-0.05, 0) is 54.7 Å². The lowest BCUT2D eigenvalue weighted by atomic mass is 9.91. The first-order valence-corrected chi connectivity index (χ1v) is 7.22. The normalized spacial score (nSPS) is 10.6. The Kier molecular flexibility index (Phi) is 4.37. The van der Waals surface area contributed by atoms with Crippen molar-refractivity contribution in [1.82, 2.24) is 4.98 Å². The lowest BCUT2D eigenvalue weighted by molar-refractivity contribution is 0.407. The topological polar surface area (TPSA) is 65.9 Å². The summed E-state index contributed by atoms with van der Waals surface area (Å²) in [4.78, 5) is 14.7. The van der Waals surface area contributed by atoms with Crippen LogP contribution in [0.15, 0.2) is 23.0 Å². The fourth-order valence-corrected chi connectivity index (χ4v) is 2.63. The number of ether oxygens (including phenoxy) is 1. The number of aromatic amines is 1. The largest absolute Gasteiger partial charge is 0.496 e. The smallest absolute Gasteiger partial charge is 0.266 e. The minimum Gasteiger partial charge on any atom is -0.496 e. The second kappa shape index (κ2) is 6.07. The van der Waals surface area contributed by atoms with Crippen LogP contribution in [0.1, 0.15) is 42.1 Å². The highest BCUT2D eigenvalue weighted by Crippen LogP contribution is 2.35. The van der Waals surface area contributed by atoms with Crippen LogP contribution in [0.5, 0.6) is 5.75 Å². The SMILES string of the molecule is COc1cc(C)c(-c2cc(C)[nH]c(=O)c2C#N)cc1C(C)C. The molecule has 2 rings (SSSR count). The maximum absolute atomic E-state index is 12.0. The van der Waals surface area contributed by atoms with Gasteiger partial charge in [0, 0.05) is 11.3 Å². The lowest BCUT2D eigenvalue weighted by Crippen LogP contribution is -2.13. The van der Waals surface area contributed by atoms with Crippen molar-refractivity contribution < 1.29 is 4.74 Å². The standard InChI is InChI=1S/C18H20N2O2/c1-10(2)13-8-14(11(3)6-17(13)22-5)15-7-12(4)20-18(21)16(15)9-19/h6-8,10H,1-5H3,(H,20,21). The van der Waals surface area contributed by atoms with Crippen LogP contribution in [0.4, 0.5) is 0 Å². The number of aromatic nitrogens is 1. The number of nitrogens with zero attached hydrogens (tertiary/aromatic N) is 1. The van der Waals surface area contributed by atoms with E-state index in [1.165, 1.54) is 0 Å². The summed E-state index contributed by atoms with van der Waals surface area (Å²) in [5.41, 5.74) is 4.14. The van der Waals surface area contributed by atoms with Gasteiger partial charge in [0.1, 0.15) is 17.4 Å². The van der Waals surface area contributed by atoms with Crippen molar-refractivity contribution in [3.8, 4) is 22.9 Å². The zero-order chi connectivity index (χ0) is 16.4. The quantitative estimate of drug-likeness (QED) is 0.940. The molecule has 0 fully saturated rings. The van der Waals surface area contributed by atoms with Gasteiger partial charge in [-0.25, -0.2) is 0 Å². The maximum Gasteiger partial charge on any atom is 0.266 e. The third kappa shape index (κ3) is 2.75. The van der Waals surface area contributed by atoms with Gasteiger partial charge in [-0.15, -0.1) is 0 Å². The molecular formula is C18H20N2O2. The molecule has 0 aliphatic rings. The van der Waals surface area contributed by atoms with Gasteiger partial charge < -0.3 is 9.72 Å². The van der Waals surface area contributed by atoms with E-state index in [-0.39, 0.29) is 17.0 Å². The van der Waals surface area contributed by atoms with Crippen molar-refractivity contribution in [3.05, 3.63) is 50.9 Å². The summed E-state index contributed by atoms with van der Waals surface area (Å²) >= 11 is 0. The van der Waals surface area contributed by atoms with Crippen molar-refractivity contribution in [1.29, 1.82) is 5.26 Å². The molecule has 0 radical (unpaired) electrons. The van der Waals surface area contributed by atoms with E-state index >= 15 is 0 Å². The molecule has 0 saturated carbocycles. The Labute approximate surface area is 130 Å². The highest BCUT2D eigenvalue weighted by Gasteiger charge is 2.16. The maximum atomic E-state index is 12.0. The third-order valence-corrected chi connectivity index (χ3v) is 3.77. The number of pyridine rings is 1. The molecule has 22 heavy (non-hydrogen) atoms. The Morgan fingerprint density at radius 1 is 1.18 bits per heavy atom. The predicted octanol–water partition coefficient (Wildman–Crippen LogP) is 3.66. The predicted molar refractivity (Wildman–Crippen MR) is 87.3 cm³/mol. The van der Waals surface area contributed by atoms with Crippen molar-refractivity contribution in [2.45, 2.75) is 33.6 Å². The summed E-state index contributed by atoms with van der Waals surface area (Å²) < 4.78 is 5.45. The molecule has 0 atom stereocenters. The minimum atomic E-state index is -0.348. The number of rotatable bonds is 3. The first-order chi connectivity index (χ1) is 10.4. The Morgan fingerprint density at radius 3 is 2.41 bits per heavy atom. The molecule has 0 spiro atoms. The first kappa shape index (κ1) is 15.8. The van der Waals surface area contributed by atoms with E-state index in [1.54, 1.807) is 7.11 Å². The highest BCUT2D eigenvalue weighted by atomic mass is 16.5. The number of hydrogen-bond acceptors (Lipinski definition) is 3. The van der Waals surface area contributed by atoms with Crippen LogP contribution in [0.3, 0.4) is 0 Å². The molecule has 0 amide bonds. The summed E-state index contributed by atoms with van der Waals surface area (Å²) in [5, 5.41) is 9.33. The van der Waals surface area contributed by atoms with E-state index in [1.807, 2.05) is 38.1 Å².